The Kier molecular flexibility index (Phi) is 3.08. The second-order valence-electron chi connectivity index (χ2n) is 4.63. The quantitative estimate of drug-likeness (QED) is 0.793. The molecular weight excluding hydrogens is 188 g/mol. The smallest absolute Gasteiger partial charge is 0.0824 e. The molecular formula is C13H18O2. The maximum Gasteiger partial charge on any atom is 0.0824 e. The van der Waals surface area contributed by atoms with E-state index in [9.17, 15) is 5.11 Å². The summed E-state index contributed by atoms with van der Waals surface area (Å²) in [6, 6.07) is 8.08. The first-order valence-electron chi connectivity index (χ1n) is 5.59. The molecule has 0 aliphatic heterocycles. The molecule has 3 unspecified atom stereocenters. The second kappa shape index (κ2) is 4.33. The normalized spacial score (nSPS) is 26.3. The Bertz CT molecular complexity index is 335. The van der Waals surface area contributed by atoms with Gasteiger partial charge in [-0.05, 0) is 35.8 Å². The fourth-order valence-corrected chi connectivity index (χ4v) is 2.46. The van der Waals surface area contributed by atoms with Crippen LogP contribution >= 0.6 is 0 Å². The van der Waals surface area contributed by atoms with Crippen LogP contribution in [0.2, 0.25) is 0 Å². The topological polar surface area (TPSA) is 40.5 Å². The van der Waals surface area contributed by atoms with Gasteiger partial charge in [-0.15, -0.1) is 0 Å². The van der Waals surface area contributed by atoms with Crippen LogP contribution in [0.1, 0.15) is 30.6 Å². The number of fused-ring (bicyclic) bond motifs is 1. The summed E-state index contributed by atoms with van der Waals surface area (Å²) < 4.78 is 0. The zero-order valence-corrected chi connectivity index (χ0v) is 9.06. The van der Waals surface area contributed by atoms with Crippen LogP contribution in [-0.2, 0) is 6.42 Å². The summed E-state index contributed by atoms with van der Waals surface area (Å²) in [5, 5.41) is 19.1. The minimum Gasteiger partial charge on any atom is -0.396 e. The van der Waals surface area contributed by atoms with E-state index in [0.29, 0.717) is 0 Å². The van der Waals surface area contributed by atoms with Crippen molar-refractivity contribution in [3.63, 3.8) is 0 Å². The van der Waals surface area contributed by atoms with E-state index >= 15 is 0 Å². The standard InChI is InChI=1S/C13H18O2/c1-9(8-14)6-11-7-10-4-2-3-5-12(10)13(11)15/h2-5,9,11,13-15H,6-8H2,1H3. The number of hydrogen-bond donors (Lipinski definition) is 2. The third-order valence-corrected chi connectivity index (χ3v) is 3.32. The lowest BCUT2D eigenvalue weighted by Crippen LogP contribution is -2.13. The summed E-state index contributed by atoms with van der Waals surface area (Å²) in [5.41, 5.74) is 2.34. The van der Waals surface area contributed by atoms with E-state index in [-0.39, 0.29) is 24.5 Å². The molecule has 0 heterocycles. The van der Waals surface area contributed by atoms with Gasteiger partial charge in [-0.3, -0.25) is 0 Å². The molecule has 0 aromatic heterocycles. The van der Waals surface area contributed by atoms with Crippen molar-refractivity contribution in [2.45, 2.75) is 25.9 Å². The van der Waals surface area contributed by atoms with Crippen molar-refractivity contribution in [1.29, 1.82) is 0 Å². The lowest BCUT2D eigenvalue weighted by molar-refractivity contribution is 0.0983. The van der Waals surface area contributed by atoms with Gasteiger partial charge in [0.15, 0.2) is 0 Å². The Morgan fingerprint density at radius 3 is 2.80 bits per heavy atom. The van der Waals surface area contributed by atoms with E-state index in [1.165, 1.54) is 5.56 Å². The van der Waals surface area contributed by atoms with Crippen molar-refractivity contribution in [2.24, 2.45) is 11.8 Å². The van der Waals surface area contributed by atoms with Crippen molar-refractivity contribution in [1.82, 2.24) is 0 Å². The van der Waals surface area contributed by atoms with Gasteiger partial charge in [0, 0.05) is 6.61 Å². The molecule has 0 saturated heterocycles. The summed E-state index contributed by atoms with van der Waals surface area (Å²) >= 11 is 0. The minimum absolute atomic E-state index is 0.208. The zero-order chi connectivity index (χ0) is 10.8. The van der Waals surface area contributed by atoms with Gasteiger partial charge in [-0.2, -0.15) is 0 Å². The fraction of sp³-hybridized carbons (Fsp3) is 0.538. The summed E-state index contributed by atoms with van der Waals surface area (Å²) in [7, 11) is 0. The van der Waals surface area contributed by atoms with Crippen LogP contribution in [-0.4, -0.2) is 16.8 Å². The number of hydrogen-bond acceptors (Lipinski definition) is 2. The average Bonchev–Trinajstić information content (AvgIpc) is 2.57. The minimum atomic E-state index is -0.338. The number of benzene rings is 1. The molecule has 2 rings (SSSR count). The van der Waals surface area contributed by atoms with E-state index in [1.54, 1.807) is 0 Å². The zero-order valence-electron chi connectivity index (χ0n) is 9.06. The van der Waals surface area contributed by atoms with E-state index < -0.39 is 0 Å². The predicted molar refractivity (Wildman–Crippen MR) is 59.5 cm³/mol. The van der Waals surface area contributed by atoms with Gasteiger partial charge in [-0.1, -0.05) is 31.2 Å². The molecule has 82 valence electrons. The van der Waals surface area contributed by atoms with Crippen LogP contribution in [0, 0.1) is 11.8 Å². The van der Waals surface area contributed by atoms with Gasteiger partial charge >= 0.3 is 0 Å². The Labute approximate surface area is 90.6 Å². The molecule has 0 spiro atoms. The van der Waals surface area contributed by atoms with E-state index in [4.69, 9.17) is 5.11 Å². The summed E-state index contributed by atoms with van der Waals surface area (Å²) in [6.07, 6.45) is 1.50. The van der Waals surface area contributed by atoms with Crippen LogP contribution in [0.25, 0.3) is 0 Å². The third kappa shape index (κ3) is 2.06. The number of aliphatic hydroxyl groups excluding tert-OH is 2. The molecule has 1 aliphatic carbocycles. The van der Waals surface area contributed by atoms with Crippen molar-refractivity contribution < 1.29 is 10.2 Å². The molecule has 15 heavy (non-hydrogen) atoms. The van der Waals surface area contributed by atoms with Gasteiger partial charge < -0.3 is 10.2 Å². The average molecular weight is 206 g/mol. The van der Waals surface area contributed by atoms with Crippen LogP contribution in [0.5, 0.6) is 0 Å². The molecule has 3 atom stereocenters. The summed E-state index contributed by atoms with van der Waals surface area (Å²) in [6.45, 7) is 2.23. The van der Waals surface area contributed by atoms with E-state index in [1.807, 2.05) is 25.1 Å². The van der Waals surface area contributed by atoms with Crippen LogP contribution < -0.4 is 0 Å². The largest absolute Gasteiger partial charge is 0.396 e. The van der Waals surface area contributed by atoms with Gasteiger partial charge in [0.05, 0.1) is 6.10 Å². The highest BCUT2D eigenvalue weighted by Crippen LogP contribution is 2.38. The van der Waals surface area contributed by atoms with Gasteiger partial charge in [0.2, 0.25) is 0 Å². The second-order valence-corrected chi connectivity index (χ2v) is 4.63. The lowest BCUT2D eigenvalue weighted by Gasteiger charge is -2.18. The van der Waals surface area contributed by atoms with Crippen LogP contribution in [0.15, 0.2) is 24.3 Å². The van der Waals surface area contributed by atoms with Gasteiger partial charge in [0.25, 0.3) is 0 Å². The van der Waals surface area contributed by atoms with E-state index in [2.05, 4.69) is 6.07 Å². The van der Waals surface area contributed by atoms with E-state index in [0.717, 1.165) is 18.4 Å². The van der Waals surface area contributed by atoms with Crippen molar-refractivity contribution in [2.75, 3.05) is 6.61 Å². The Morgan fingerprint density at radius 1 is 1.40 bits per heavy atom. The van der Waals surface area contributed by atoms with Crippen molar-refractivity contribution in [3.05, 3.63) is 35.4 Å². The number of rotatable bonds is 3. The summed E-state index contributed by atoms with van der Waals surface area (Å²) in [5.74, 6) is 0.559. The first-order chi connectivity index (χ1) is 7.22. The molecule has 0 amide bonds. The molecule has 2 N–H and O–H groups in total. The molecule has 2 heteroatoms. The Balaban J connectivity index is 2.10. The highest BCUT2D eigenvalue weighted by molar-refractivity contribution is 5.34. The van der Waals surface area contributed by atoms with Crippen LogP contribution in [0.3, 0.4) is 0 Å². The molecule has 2 nitrogen and oxygen atoms in total. The van der Waals surface area contributed by atoms with Gasteiger partial charge in [0.1, 0.15) is 0 Å². The monoisotopic (exact) mass is 206 g/mol. The first kappa shape index (κ1) is 10.7. The molecule has 1 aliphatic rings. The first-order valence-corrected chi connectivity index (χ1v) is 5.59. The van der Waals surface area contributed by atoms with Crippen molar-refractivity contribution in [3.8, 4) is 0 Å². The molecule has 1 aromatic carbocycles. The summed E-state index contributed by atoms with van der Waals surface area (Å²) in [4.78, 5) is 0. The molecule has 0 radical (unpaired) electrons. The molecule has 1 aromatic rings. The maximum atomic E-state index is 10.1. The highest BCUT2D eigenvalue weighted by atomic mass is 16.3. The van der Waals surface area contributed by atoms with Crippen molar-refractivity contribution >= 4 is 0 Å². The Hall–Kier alpha value is -0.860. The SMILES string of the molecule is CC(CO)CC1Cc2ccccc2C1O. The third-order valence-electron chi connectivity index (χ3n) is 3.32. The predicted octanol–water partition coefficient (Wildman–Crippen LogP) is 1.91. The maximum absolute atomic E-state index is 10.1. The van der Waals surface area contributed by atoms with Gasteiger partial charge in [-0.25, -0.2) is 0 Å². The molecule has 0 bridgehead atoms. The molecule has 0 fully saturated rings. The van der Waals surface area contributed by atoms with Crippen LogP contribution in [0.4, 0.5) is 0 Å². The highest BCUT2D eigenvalue weighted by Gasteiger charge is 2.31. The number of aliphatic hydroxyl groups is 2. The fourth-order valence-electron chi connectivity index (χ4n) is 2.46. The Morgan fingerprint density at radius 2 is 2.13 bits per heavy atom. The lowest BCUT2D eigenvalue weighted by atomic mass is 9.92. The molecule has 0 saturated carbocycles.